The van der Waals surface area contributed by atoms with Crippen LogP contribution in [-0.4, -0.2) is 39.5 Å². The minimum absolute atomic E-state index is 0.157. The fourth-order valence-electron chi connectivity index (χ4n) is 3.99. The minimum Gasteiger partial charge on any atom is -0.494 e. The highest BCUT2D eigenvalue weighted by Gasteiger charge is 2.16. The van der Waals surface area contributed by atoms with Gasteiger partial charge in [-0.15, -0.1) is 10.2 Å². The van der Waals surface area contributed by atoms with Gasteiger partial charge in [-0.05, 0) is 75.4 Å². The van der Waals surface area contributed by atoms with Crippen LogP contribution in [0.2, 0.25) is 0 Å². The molecular weight excluding hydrogens is 436 g/mol. The highest BCUT2D eigenvalue weighted by Crippen LogP contribution is 2.31. The number of nitrogens with one attached hydrogen (secondary N) is 1. The minimum atomic E-state index is -0.157. The maximum Gasteiger partial charge on any atom is 0.234 e. The Hall–Kier alpha value is -3.26. The second-order valence-electron chi connectivity index (χ2n) is 7.85. The Morgan fingerprint density at radius 3 is 2.55 bits per heavy atom. The van der Waals surface area contributed by atoms with Gasteiger partial charge in [0.2, 0.25) is 5.91 Å². The fraction of sp³-hybridized carbons (Fsp3) is 0.320. The summed E-state index contributed by atoms with van der Waals surface area (Å²) in [5, 5.41) is 13.5. The molecule has 1 amide bonds. The van der Waals surface area contributed by atoms with E-state index in [0.717, 1.165) is 27.7 Å². The van der Waals surface area contributed by atoms with Crippen molar-refractivity contribution in [1.29, 1.82) is 0 Å². The molecule has 0 spiro atoms. The Bertz CT molecular complexity index is 1330. The lowest BCUT2D eigenvalue weighted by atomic mass is 10.1. The van der Waals surface area contributed by atoms with Gasteiger partial charge in [0.15, 0.2) is 10.8 Å². The second-order valence-corrected chi connectivity index (χ2v) is 8.79. The van der Waals surface area contributed by atoms with E-state index in [1.54, 1.807) is 6.07 Å². The molecule has 0 unspecified atom stereocenters. The predicted octanol–water partition coefficient (Wildman–Crippen LogP) is 5.34. The number of hydrogen-bond acceptors (Lipinski definition) is 6. The van der Waals surface area contributed by atoms with Crippen LogP contribution in [0, 0.1) is 20.8 Å². The maximum atomic E-state index is 12.8. The van der Waals surface area contributed by atoms with E-state index in [9.17, 15) is 4.79 Å². The van der Waals surface area contributed by atoms with Crippen LogP contribution < -0.4 is 14.8 Å². The Kier molecular flexibility index (Phi) is 6.74. The molecule has 0 saturated heterocycles. The number of ether oxygens (including phenoxy) is 2. The van der Waals surface area contributed by atoms with Crippen molar-refractivity contribution in [2.24, 2.45) is 0 Å². The largest absolute Gasteiger partial charge is 0.494 e. The van der Waals surface area contributed by atoms with Gasteiger partial charge in [-0.1, -0.05) is 23.4 Å². The Morgan fingerprint density at radius 2 is 1.79 bits per heavy atom. The van der Waals surface area contributed by atoms with Crippen LogP contribution >= 0.6 is 11.8 Å². The molecule has 0 aliphatic rings. The van der Waals surface area contributed by atoms with Gasteiger partial charge >= 0.3 is 0 Å². The maximum absolute atomic E-state index is 12.8. The summed E-state index contributed by atoms with van der Waals surface area (Å²) >= 11 is 1.36. The smallest absolute Gasteiger partial charge is 0.234 e. The summed E-state index contributed by atoms with van der Waals surface area (Å²) in [7, 11) is 0. The summed E-state index contributed by atoms with van der Waals surface area (Å²) in [4.78, 5) is 12.8. The third-order valence-corrected chi connectivity index (χ3v) is 6.15. The van der Waals surface area contributed by atoms with Gasteiger partial charge in [-0.2, -0.15) is 0 Å². The van der Waals surface area contributed by atoms with Crippen LogP contribution in [0.3, 0.4) is 0 Å². The number of carbonyl (C=O) groups excluding carboxylic acids is 1. The number of fused-ring (bicyclic) bond motifs is 3. The first kappa shape index (κ1) is 22.9. The number of thioether (sulfide) groups is 1. The van der Waals surface area contributed by atoms with Gasteiger partial charge < -0.3 is 14.8 Å². The molecule has 0 radical (unpaired) electrons. The van der Waals surface area contributed by atoms with Crippen LogP contribution in [0.25, 0.3) is 16.6 Å². The first-order valence-corrected chi connectivity index (χ1v) is 12.0. The molecule has 2 aromatic heterocycles. The lowest BCUT2D eigenvalue weighted by Gasteiger charge is -2.13. The lowest BCUT2D eigenvalue weighted by Crippen LogP contribution is -2.15. The SMILES string of the molecule is CCOc1ccc(OCC)c(NC(=O)CSc2nnc3c(C)cc4cc(C)cc(C)c4n23)c1. The summed E-state index contributed by atoms with van der Waals surface area (Å²) in [5.74, 6) is 1.32. The first-order valence-electron chi connectivity index (χ1n) is 11.0. The third kappa shape index (κ3) is 4.75. The zero-order valence-corrected chi connectivity index (χ0v) is 20.4. The number of hydrogen-bond donors (Lipinski definition) is 1. The molecule has 0 atom stereocenters. The van der Waals surface area contributed by atoms with Gasteiger partial charge in [0.1, 0.15) is 11.5 Å². The molecule has 4 aromatic rings. The third-order valence-electron chi connectivity index (χ3n) is 5.22. The highest BCUT2D eigenvalue weighted by molar-refractivity contribution is 7.99. The lowest BCUT2D eigenvalue weighted by molar-refractivity contribution is -0.113. The summed E-state index contributed by atoms with van der Waals surface area (Å²) in [6, 6.07) is 11.9. The van der Waals surface area contributed by atoms with Crippen LogP contribution in [0.5, 0.6) is 11.5 Å². The van der Waals surface area contributed by atoms with Crippen LogP contribution in [0.15, 0.2) is 41.6 Å². The van der Waals surface area contributed by atoms with Crippen molar-refractivity contribution in [3.05, 3.63) is 53.1 Å². The van der Waals surface area contributed by atoms with Crippen molar-refractivity contribution in [1.82, 2.24) is 14.6 Å². The van der Waals surface area contributed by atoms with Crippen molar-refractivity contribution >= 4 is 39.9 Å². The summed E-state index contributed by atoms with van der Waals surface area (Å²) in [5.41, 5.74) is 5.87. The van der Waals surface area contributed by atoms with Gasteiger partial charge in [0.25, 0.3) is 0 Å². The number of benzene rings is 2. The summed E-state index contributed by atoms with van der Waals surface area (Å²) in [6.07, 6.45) is 0. The molecule has 7 nitrogen and oxygen atoms in total. The molecule has 4 rings (SSSR count). The van der Waals surface area contributed by atoms with Crippen LogP contribution in [0.1, 0.15) is 30.5 Å². The van der Waals surface area contributed by atoms with Gasteiger partial charge in [0, 0.05) is 6.07 Å². The number of amides is 1. The number of carbonyl (C=O) groups is 1. The zero-order chi connectivity index (χ0) is 23.5. The summed E-state index contributed by atoms with van der Waals surface area (Å²) in [6.45, 7) is 11.1. The van der Waals surface area contributed by atoms with E-state index in [4.69, 9.17) is 9.47 Å². The zero-order valence-electron chi connectivity index (χ0n) is 19.6. The number of anilines is 1. The highest BCUT2D eigenvalue weighted by atomic mass is 32.2. The number of rotatable bonds is 8. The molecule has 0 bridgehead atoms. The topological polar surface area (TPSA) is 77.8 Å². The molecule has 33 heavy (non-hydrogen) atoms. The molecule has 2 aromatic carbocycles. The van der Waals surface area contributed by atoms with Crippen molar-refractivity contribution in [3.63, 3.8) is 0 Å². The standard InChI is InChI=1S/C25H28N4O3S/c1-6-31-19-8-9-21(32-7-2)20(13-19)26-22(30)14-33-25-28-27-24-17(5)12-18-11-15(3)10-16(4)23(18)29(24)25/h8-13H,6-7,14H2,1-5H3,(H,26,30). The Balaban J connectivity index is 1.59. The van der Waals surface area contributed by atoms with Crippen LogP contribution in [-0.2, 0) is 4.79 Å². The quantitative estimate of drug-likeness (QED) is 0.355. The van der Waals surface area contributed by atoms with Crippen molar-refractivity contribution in [2.75, 3.05) is 24.3 Å². The van der Waals surface area contributed by atoms with E-state index in [0.29, 0.717) is 35.6 Å². The molecule has 1 N–H and O–H groups in total. The molecule has 0 aliphatic carbocycles. The molecule has 172 valence electrons. The molecule has 0 saturated carbocycles. The van der Waals surface area contributed by atoms with E-state index in [1.807, 2.05) is 32.9 Å². The van der Waals surface area contributed by atoms with Crippen molar-refractivity contribution in [3.8, 4) is 11.5 Å². The summed E-state index contributed by atoms with van der Waals surface area (Å²) < 4.78 is 13.3. The number of nitrogens with zero attached hydrogens (tertiary/aromatic N) is 3. The van der Waals surface area contributed by atoms with E-state index in [-0.39, 0.29) is 11.7 Å². The van der Waals surface area contributed by atoms with Crippen molar-refractivity contribution in [2.45, 2.75) is 39.8 Å². The number of aromatic nitrogens is 3. The van der Waals surface area contributed by atoms with E-state index < -0.39 is 0 Å². The van der Waals surface area contributed by atoms with E-state index in [2.05, 4.69) is 52.0 Å². The van der Waals surface area contributed by atoms with E-state index in [1.165, 1.54) is 17.3 Å². The second kappa shape index (κ2) is 9.70. The van der Waals surface area contributed by atoms with Gasteiger partial charge in [-0.25, -0.2) is 0 Å². The Morgan fingerprint density at radius 1 is 1.00 bits per heavy atom. The average molecular weight is 465 g/mol. The van der Waals surface area contributed by atoms with Crippen molar-refractivity contribution < 1.29 is 14.3 Å². The molecule has 0 fully saturated rings. The molecule has 0 aliphatic heterocycles. The number of aryl methyl sites for hydroxylation is 3. The average Bonchev–Trinajstić information content (AvgIpc) is 3.18. The van der Waals surface area contributed by atoms with E-state index >= 15 is 0 Å². The molecule has 8 heteroatoms. The van der Waals surface area contributed by atoms with Gasteiger partial charge in [-0.3, -0.25) is 9.20 Å². The first-order chi connectivity index (χ1) is 15.9. The van der Waals surface area contributed by atoms with Crippen LogP contribution in [0.4, 0.5) is 5.69 Å². The number of pyridine rings is 1. The fourth-order valence-corrected chi connectivity index (χ4v) is 4.73. The molecule has 2 heterocycles. The predicted molar refractivity (Wildman–Crippen MR) is 133 cm³/mol. The normalized spacial score (nSPS) is 11.2. The Labute approximate surface area is 197 Å². The monoisotopic (exact) mass is 464 g/mol. The van der Waals surface area contributed by atoms with Gasteiger partial charge in [0.05, 0.1) is 30.2 Å². The molecular formula is C25H28N4O3S.